The van der Waals surface area contributed by atoms with Gasteiger partial charge in [-0.15, -0.1) is 0 Å². The lowest BCUT2D eigenvalue weighted by atomic mass is 9.84. The van der Waals surface area contributed by atoms with Crippen molar-refractivity contribution < 1.29 is 0 Å². The van der Waals surface area contributed by atoms with E-state index in [4.69, 9.17) is 0 Å². The Morgan fingerprint density at radius 2 is 0.816 bits per heavy atom. The largest absolute Gasteiger partial charge is 0.334 e. The van der Waals surface area contributed by atoms with Crippen LogP contribution >= 0.6 is 0 Å². The Morgan fingerprint density at radius 1 is 0.449 bits per heavy atom. The smallest absolute Gasteiger partial charge is 0.0948 e. The lowest BCUT2D eigenvalue weighted by Crippen LogP contribution is -2.21. The predicted octanol–water partition coefficient (Wildman–Crippen LogP) is 16.2. The Bertz CT molecular complexity index is 890. The molecule has 0 fully saturated rings. The van der Waals surface area contributed by atoms with E-state index in [1.807, 2.05) is 6.20 Å². The maximum absolute atomic E-state index is 4.50. The van der Waals surface area contributed by atoms with E-state index in [0.29, 0.717) is 12.0 Å². The monoisotopic (exact) mass is 677 g/mol. The van der Waals surface area contributed by atoms with Gasteiger partial charge in [-0.3, -0.25) is 0 Å². The van der Waals surface area contributed by atoms with Crippen LogP contribution in [-0.4, -0.2) is 9.55 Å². The minimum absolute atomic E-state index is 0.570. The number of benzene rings is 1. The molecule has 0 amide bonds. The number of hydrogen-bond donors (Lipinski definition) is 0. The van der Waals surface area contributed by atoms with Crippen molar-refractivity contribution in [3.63, 3.8) is 0 Å². The third-order valence-corrected chi connectivity index (χ3v) is 11.3. The van der Waals surface area contributed by atoms with Crippen LogP contribution in [0, 0.1) is 5.92 Å². The Kier molecular flexibility index (Phi) is 29.9. The normalized spacial score (nSPS) is 12.9. The van der Waals surface area contributed by atoms with E-state index in [9.17, 15) is 0 Å². The molecule has 0 N–H and O–H groups in total. The molecule has 49 heavy (non-hydrogen) atoms. The van der Waals surface area contributed by atoms with Gasteiger partial charge >= 0.3 is 0 Å². The van der Waals surface area contributed by atoms with E-state index in [1.54, 1.807) is 0 Å². The highest BCUT2D eigenvalue weighted by Crippen LogP contribution is 2.32. The molecule has 2 aromatic rings. The Balaban J connectivity index is 1.61. The van der Waals surface area contributed by atoms with Crippen molar-refractivity contribution in [3.8, 4) is 0 Å². The topological polar surface area (TPSA) is 17.8 Å². The first-order valence-electron chi connectivity index (χ1n) is 22.4. The number of aromatic nitrogens is 2. The van der Waals surface area contributed by atoms with Crippen molar-refractivity contribution in [2.45, 2.75) is 238 Å². The van der Waals surface area contributed by atoms with Crippen molar-refractivity contribution in [2.75, 3.05) is 0 Å². The van der Waals surface area contributed by atoms with Crippen LogP contribution in [0.15, 0.2) is 49.1 Å². The fourth-order valence-electron chi connectivity index (χ4n) is 8.12. The molecule has 0 aliphatic heterocycles. The zero-order valence-corrected chi connectivity index (χ0v) is 33.2. The SMILES string of the molecule is CCCCCCCCCCCCCCCCCCCC(C(CCCCCCCCCCCCCCCC)Cc1ccccc1)n1ccnc1. The summed E-state index contributed by atoms with van der Waals surface area (Å²) in [5, 5.41) is 0. The highest BCUT2D eigenvalue weighted by molar-refractivity contribution is 5.15. The quantitative estimate of drug-likeness (QED) is 0.0651. The molecule has 0 spiro atoms. The highest BCUT2D eigenvalue weighted by atomic mass is 15.1. The third kappa shape index (κ3) is 25.1. The predicted molar refractivity (Wildman–Crippen MR) is 219 cm³/mol. The van der Waals surface area contributed by atoms with Crippen LogP contribution in [-0.2, 0) is 6.42 Å². The number of hydrogen-bond acceptors (Lipinski definition) is 1. The van der Waals surface area contributed by atoms with E-state index in [1.165, 1.54) is 224 Å². The average molecular weight is 677 g/mol. The molecule has 0 saturated carbocycles. The zero-order chi connectivity index (χ0) is 34.7. The molecule has 2 heteroatoms. The summed E-state index contributed by atoms with van der Waals surface area (Å²) < 4.78 is 2.46. The Morgan fingerprint density at radius 3 is 1.18 bits per heavy atom. The second kappa shape index (κ2) is 33.6. The summed E-state index contributed by atoms with van der Waals surface area (Å²) in [7, 11) is 0. The van der Waals surface area contributed by atoms with Crippen LogP contribution in [0.5, 0.6) is 0 Å². The van der Waals surface area contributed by atoms with Gasteiger partial charge in [0.15, 0.2) is 0 Å². The van der Waals surface area contributed by atoms with E-state index in [0.717, 1.165) is 0 Å². The molecule has 282 valence electrons. The molecule has 0 radical (unpaired) electrons. The van der Waals surface area contributed by atoms with E-state index < -0.39 is 0 Å². The molecule has 2 rings (SSSR count). The molecule has 0 aliphatic rings. The Labute approximate surface area is 307 Å². The van der Waals surface area contributed by atoms with Crippen LogP contribution in [0.4, 0.5) is 0 Å². The maximum Gasteiger partial charge on any atom is 0.0948 e. The first-order valence-corrected chi connectivity index (χ1v) is 22.4. The summed E-state index contributed by atoms with van der Waals surface area (Å²) in [6, 6.07) is 11.9. The average Bonchev–Trinajstić information content (AvgIpc) is 3.66. The fourth-order valence-corrected chi connectivity index (χ4v) is 8.12. The lowest BCUT2D eigenvalue weighted by Gasteiger charge is -2.29. The molecule has 0 bridgehead atoms. The molecule has 2 nitrogen and oxygen atoms in total. The molecule has 1 aromatic carbocycles. The van der Waals surface area contributed by atoms with E-state index in [-0.39, 0.29) is 0 Å². The summed E-state index contributed by atoms with van der Waals surface area (Å²) in [5.41, 5.74) is 1.50. The van der Waals surface area contributed by atoms with Gasteiger partial charge in [0.05, 0.1) is 6.33 Å². The third-order valence-electron chi connectivity index (χ3n) is 11.3. The van der Waals surface area contributed by atoms with Crippen LogP contribution in [0.2, 0.25) is 0 Å². The second-order valence-corrected chi connectivity index (χ2v) is 15.9. The Hall–Kier alpha value is -1.57. The number of imidazole rings is 1. The molecule has 0 saturated heterocycles. The lowest BCUT2D eigenvalue weighted by molar-refractivity contribution is 0.275. The molecule has 2 atom stereocenters. The number of unbranched alkanes of at least 4 members (excludes halogenated alkanes) is 29. The van der Waals surface area contributed by atoms with Crippen LogP contribution < -0.4 is 0 Å². The van der Waals surface area contributed by atoms with Crippen LogP contribution in [0.25, 0.3) is 0 Å². The van der Waals surface area contributed by atoms with Crippen LogP contribution in [0.3, 0.4) is 0 Å². The van der Waals surface area contributed by atoms with Gasteiger partial charge in [0.25, 0.3) is 0 Å². The van der Waals surface area contributed by atoms with Crippen molar-refractivity contribution in [3.05, 3.63) is 54.6 Å². The minimum Gasteiger partial charge on any atom is -0.334 e. The minimum atomic E-state index is 0.570. The van der Waals surface area contributed by atoms with Gasteiger partial charge in [-0.25, -0.2) is 4.98 Å². The van der Waals surface area contributed by atoms with Gasteiger partial charge < -0.3 is 4.57 Å². The summed E-state index contributed by atoms with van der Waals surface area (Å²) in [5.74, 6) is 0.690. The van der Waals surface area contributed by atoms with Crippen molar-refractivity contribution >= 4 is 0 Å². The molecule has 1 heterocycles. The van der Waals surface area contributed by atoms with Gasteiger partial charge in [-0.1, -0.05) is 243 Å². The molecule has 2 unspecified atom stereocenters. The van der Waals surface area contributed by atoms with Gasteiger partial charge in [-0.05, 0) is 30.7 Å². The van der Waals surface area contributed by atoms with Crippen molar-refractivity contribution in [1.29, 1.82) is 0 Å². The first kappa shape index (κ1) is 43.6. The molecule has 0 aliphatic carbocycles. The molecule has 1 aromatic heterocycles. The number of nitrogens with zero attached hydrogens (tertiary/aromatic N) is 2. The van der Waals surface area contributed by atoms with Gasteiger partial charge in [0, 0.05) is 18.4 Å². The summed E-state index contributed by atoms with van der Waals surface area (Å²) in [4.78, 5) is 4.50. The first-order chi connectivity index (χ1) is 24.3. The standard InChI is InChI=1S/C47H84N2/c1-3-5-7-9-11-13-15-17-19-20-21-23-25-27-29-31-36-40-47(49-42-41-48-44-49)46(43-45-37-33-32-34-38-45)39-35-30-28-26-24-22-18-16-14-12-10-8-6-4-2/h32-34,37-38,41-42,44,46-47H,3-31,35-36,39-40,43H2,1-2H3. The summed E-state index contributed by atoms with van der Waals surface area (Å²) in [6.07, 6.45) is 54.7. The fraction of sp³-hybridized carbons (Fsp3) is 0.809. The second-order valence-electron chi connectivity index (χ2n) is 15.9. The molecular weight excluding hydrogens is 593 g/mol. The van der Waals surface area contributed by atoms with Crippen molar-refractivity contribution in [1.82, 2.24) is 9.55 Å². The summed E-state index contributed by atoms with van der Waals surface area (Å²) in [6.45, 7) is 4.62. The van der Waals surface area contributed by atoms with Crippen molar-refractivity contribution in [2.24, 2.45) is 5.92 Å². The summed E-state index contributed by atoms with van der Waals surface area (Å²) >= 11 is 0. The van der Waals surface area contributed by atoms with Gasteiger partial charge in [0.2, 0.25) is 0 Å². The zero-order valence-electron chi connectivity index (χ0n) is 33.2. The highest BCUT2D eigenvalue weighted by Gasteiger charge is 2.23. The number of rotatable bonds is 37. The molecular formula is C47H84N2. The van der Waals surface area contributed by atoms with Gasteiger partial charge in [0.1, 0.15) is 0 Å². The van der Waals surface area contributed by atoms with E-state index >= 15 is 0 Å². The van der Waals surface area contributed by atoms with E-state index in [2.05, 4.69) is 66.3 Å². The van der Waals surface area contributed by atoms with Gasteiger partial charge in [-0.2, -0.15) is 0 Å². The van der Waals surface area contributed by atoms with Crippen LogP contribution in [0.1, 0.15) is 237 Å². The maximum atomic E-state index is 4.50.